The molecule has 0 aliphatic rings. The fourth-order valence-electron chi connectivity index (χ4n) is 1.16. The number of allylic oxidation sites excluding steroid dienone is 2. The number of phenols is 1. The van der Waals surface area contributed by atoms with Gasteiger partial charge in [0.2, 0.25) is 0 Å². The van der Waals surface area contributed by atoms with Gasteiger partial charge in [0.1, 0.15) is 5.75 Å². The maximum atomic E-state index is 10.6. The Morgan fingerprint density at radius 3 is 2.57 bits per heavy atom. The second-order valence-electron chi connectivity index (χ2n) is 3.22. The molecule has 0 saturated carbocycles. The number of carbonyl (C=O) groups excluding carboxylic acids is 1. The summed E-state index contributed by atoms with van der Waals surface area (Å²) >= 11 is 0. The third-order valence-corrected chi connectivity index (χ3v) is 1.89. The van der Waals surface area contributed by atoms with E-state index in [1.807, 2.05) is 18.2 Å². The highest BCUT2D eigenvalue weighted by molar-refractivity contribution is 5.87. The molecule has 2 nitrogen and oxygen atoms in total. The molecule has 1 N–H and O–H groups in total. The standard InChI is InChI=1S/C12H14O2/c1-10(13)4-2-3-5-11-6-8-12(14)9-7-11/h2,4,6-9,14H,3,5H2,1H3/b4-2+. The summed E-state index contributed by atoms with van der Waals surface area (Å²) in [7, 11) is 0. The van der Waals surface area contributed by atoms with Crippen LogP contribution in [0.2, 0.25) is 0 Å². The van der Waals surface area contributed by atoms with Crippen LogP contribution in [-0.4, -0.2) is 10.9 Å². The van der Waals surface area contributed by atoms with Gasteiger partial charge in [0, 0.05) is 0 Å². The molecule has 0 heterocycles. The predicted octanol–water partition coefficient (Wildman–Crippen LogP) is 2.47. The molecule has 0 bridgehead atoms. The van der Waals surface area contributed by atoms with Crippen molar-refractivity contribution in [1.29, 1.82) is 0 Å². The molecule has 74 valence electrons. The Balaban J connectivity index is 2.39. The quantitative estimate of drug-likeness (QED) is 0.740. The van der Waals surface area contributed by atoms with Crippen LogP contribution in [0.4, 0.5) is 0 Å². The van der Waals surface area contributed by atoms with Crippen molar-refractivity contribution < 1.29 is 9.90 Å². The number of hydrogen-bond donors (Lipinski definition) is 1. The van der Waals surface area contributed by atoms with E-state index in [0.29, 0.717) is 0 Å². The van der Waals surface area contributed by atoms with Gasteiger partial charge in [-0.2, -0.15) is 0 Å². The molecular weight excluding hydrogens is 176 g/mol. The molecule has 2 heteroatoms. The van der Waals surface area contributed by atoms with Gasteiger partial charge in [0.15, 0.2) is 5.78 Å². The number of hydrogen-bond acceptors (Lipinski definition) is 2. The van der Waals surface area contributed by atoms with Crippen LogP contribution in [0, 0.1) is 0 Å². The Morgan fingerprint density at radius 1 is 1.36 bits per heavy atom. The predicted molar refractivity (Wildman–Crippen MR) is 56.2 cm³/mol. The van der Waals surface area contributed by atoms with E-state index in [9.17, 15) is 4.79 Å². The van der Waals surface area contributed by atoms with E-state index >= 15 is 0 Å². The van der Waals surface area contributed by atoms with Crippen molar-refractivity contribution in [3.63, 3.8) is 0 Å². The van der Waals surface area contributed by atoms with E-state index in [-0.39, 0.29) is 11.5 Å². The lowest BCUT2D eigenvalue weighted by atomic mass is 10.1. The van der Waals surface area contributed by atoms with Crippen LogP contribution < -0.4 is 0 Å². The minimum Gasteiger partial charge on any atom is -0.508 e. The first-order chi connectivity index (χ1) is 6.68. The zero-order valence-electron chi connectivity index (χ0n) is 8.23. The van der Waals surface area contributed by atoms with Crippen molar-refractivity contribution in [3.05, 3.63) is 42.0 Å². The van der Waals surface area contributed by atoms with Crippen molar-refractivity contribution in [2.24, 2.45) is 0 Å². The normalized spacial score (nSPS) is 10.6. The van der Waals surface area contributed by atoms with Gasteiger partial charge in [-0.15, -0.1) is 0 Å². The molecule has 0 aliphatic heterocycles. The molecule has 1 aromatic carbocycles. The van der Waals surface area contributed by atoms with E-state index in [4.69, 9.17) is 5.11 Å². The van der Waals surface area contributed by atoms with E-state index in [0.717, 1.165) is 18.4 Å². The van der Waals surface area contributed by atoms with E-state index in [2.05, 4.69) is 0 Å². The van der Waals surface area contributed by atoms with Crippen LogP contribution in [0.3, 0.4) is 0 Å². The molecule has 0 radical (unpaired) electrons. The van der Waals surface area contributed by atoms with E-state index in [1.54, 1.807) is 18.2 Å². The molecule has 0 atom stereocenters. The Hall–Kier alpha value is -1.57. The van der Waals surface area contributed by atoms with Crippen molar-refractivity contribution >= 4 is 5.78 Å². The lowest BCUT2D eigenvalue weighted by molar-refractivity contribution is -0.112. The molecular formula is C12H14O2. The molecule has 0 aliphatic carbocycles. The number of benzene rings is 1. The first kappa shape index (κ1) is 10.5. The first-order valence-corrected chi connectivity index (χ1v) is 4.63. The lowest BCUT2D eigenvalue weighted by Gasteiger charge is -1.97. The third-order valence-electron chi connectivity index (χ3n) is 1.89. The molecule has 0 spiro atoms. The highest BCUT2D eigenvalue weighted by Crippen LogP contribution is 2.11. The van der Waals surface area contributed by atoms with Crippen LogP contribution >= 0.6 is 0 Å². The van der Waals surface area contributed by atoms with Crippen LogP contribution in [0.15, 0.2) is 36.4 Å². The zero-order valence-corrected chi connectivity index (χ0v) is 8.23. The molecule has 0 aromatic heterocycles. The first-order valence-electron chi connectivity index (χ1n) is 4.63. The smallest absolute Gasteiger partial charge is 0.152 e. The fraction of sp³-hybridized carbons (Fsp3) is 0.250. The second kappa shape index (κ2) is 5.22. The maximum absolute atomic E-state index is 10.6. The Kier molecular flexibility index (Phi) is 3.92. The van der Waals surface area contributed by atoms with Gasteiger partial charge in [0.25, 0.3) is 0 Å². The van der Waals surface area contributed by atoms with Crippen LogP contribution in [0.25, 0.3) is 0 Å². The number of carbonyl (C=O) groups is 1. The summed E-state index contributed by atoms with van der Waals surface area (Å²) in [6.45, 7) is 1.54. The minimum absolute atomic E-state index is 0.0794. The summed E-state index contributed by atoms with van der Waals surface area (Å²) in [4.78, 5) is 10.6. The lowest BCUT2D eigenvalue weighted by Crippen LogP contribution is -1.84. The molecule has 1 rings (SSSR count). The minimum atomic E-state index is 0.0794. The van der Waals surface area contributed by atoms with Crippen LogP contribution in [0.5, 0.6) is 5.75 Å². The number of ketones is 1. The fourth-order valence-corrected chi connectivity index (χ4v) is 1.16. The molecule has 0 saturated heterocycles. The molecule has 0 amide bonds. The maximum Gasteiger partial charge on any atom is 0.152 e. The molecule has 14 heavy (non-hydrogen) atoms. The highest BCUT2D eigenvalue weighted by atomic mass is 16.3. The largest absolute Gasteiger partial charge is 0.508 e. The van der Waals surface area contributed by atoms with Crippen molar-refractivity contribution in [2.45, 2.75) is 19.8 Å². The topological polar surface area (TPSA) is 37.3 Å². The highest BCUT2D eigenvalue weighted by Gasteiger charge is 1.91. The second-order valence-corrected chi connectivity index (χ2v) is 3.22. The third kappa shape index (κ3) is 3.90. The van der Waals surface area contributed by atoms with Gasteiger partial charge in [0.05, 0.1) is 0 Å². The van der Waals surface area contributed by atoms with Gasteiger partial charge < -0.3 is 5.11 Å². The van der Waals surface area contributed by atoms with Gasteiger partial charge in [-0.05, 0) is 43.5 Å². The summed E-state index contributed by atoms with van der Waals surface area (Å²) in [6.07, 6.45) is 5.20. The van der Waals surface area contributed by atoms with Crippen molar-refractivity contribution in [1.82, 2.24) is 0 Å². The molecule has 0 unspecified atom stereocenters. The SMILES string of the molecule is CC(=O)/C=C/CCc1ccc(O)cc1. The average molecular weight is 190 g/mol. The molecule has 0 fully saturated rings. The van der Waals surface area contributed by atoms with E-state index < -0.39 is 0 Å². The number of aromatic hydroxyl groups is 1. The Labute approximate surface area is 83.9 Å². The number of rotatable bonds is 4. The van der Waals surface area contributed by atoms with Gasteiger partial charge >= 0.3 is 0 Å². The molecule has 1 aromatic rings. The van der Waals surface area contributed by atoms with Gasteiger partial charge in [-0.25, -0.2) is 0 Å². The Morgan fingerprint density at radius 2 is 2.00 bits per heavy atom. The van der Waals surface area contributed by atoms with Crippen LogP contribution in [0.1, 0.15) is 18.9 Å². The van der Waals surface area contributed by atoms with Crippen LogP contribution in [-0.2, 0) is 11.2 Å². The zero-order chi connectivity index (χ0) is 10.4. The summed E-state index contributed by atoms with van der Waals surface area (Å²) in [6, 6.07) is 7.11. The Bertz CT molecular complexity index is 323. The summed E-state index contributed by atoms with van der Waals surface area (Å²) < 4.78 is 0. The van der Waals surface area contributed by atoms with E-state index in [1.165, 1.54) is 6.92 Å². The van der Waals surface area contributed by atoms with Gasteiger partial charge in [-0.3, -0.25) is 4.79 Å². The number of phenolic OH excluding ortho intramolecular Hbond substituents is 1. The monoisotopic (exact) mass is 190 g/mol. The van der Waals surface area contributed by atoms with Crippen molar-refractivity contribution in [3.8, 4) is 5.75 Å². The number of aryl methyl sites for hydroxylation is 1. The van der Waals surface area contributed by atoms with Crippen molar-refractivity contribution in [2.75, 3.05) is 0 Å². The summed E-state index contributed by atoms with van der Waals surface area (Å²) in [5, 5.41) is 9.04. The summed E-state index contributed by atoms with van der Waals surface area (Å²) in [5.41, 5.74) is 1.16. The average Bonchev–Trinajstić information content (AvgIpc) is 2.15. The summed E-state index contributed by atoms with van der Waals surface area (Å²) in [5.74, 6) is 0.365. The van der Waals surface area contributed by atoms with Gasteiger partial charge in [-0.1, -0.05) is 18.2 Å².